The first-order valence-electron chi connectivity index (χ1n) is 9.73. The van der Waals surface area contributed by atoms with Crippen LogP contribution in [0.1, 0.15) is 41.0 Å². The molecule has 1 aliphatic carbocycles. The second kappa shape index (κ2) is 7.24. The second-order valence-corrected chi connectivity index (χ2v) is 7.90. The molecule has 136 valence electrons. The molecular formula is C23H28N2O. The molecule has 2 aliphatic rings. The highest BCUT2D eigenvalue weighted by Gasteiger charge is 2.31. The Balaban J connectivity index is 1.62. The molecule has 1 unspecified atom stereocenters. The quantitative estimate of drug-likeness (QED) is 0.848. The van der Waals surface area contributed by atoms with Crippen LogP contribution in [0.5, 0.6) is 0 Å². The molecule has 0 saturated carbocycles. The number of hydrogen-bond donors (Lipinski definition) is 0. The van der Waals surface area contributed by atoms with Crippen LogP contribution in [0.3, 0.4) is 0 Å². The van der Waals surface area contributed by atoms with Gasteiger partial charge in [0.15, 0.2) is 0 Å². The number of carbonyl (C=O) groups is 1. The van der Waals surface area contributed by atoms with Gasteiger partial charge in [0.2, 0.25) is 5.91 Å². The van der Waals surface area contributed by atoms with E-state index in [4.69, 9.17) is 0 Å². The number of fused-ring (bicyclic) bond motifs is 2. The summed E-state index contributed by atoms with van der Waals surface area (Å²) in [5, 5.41) is 0. The minimum atomic E-state index is 0.177. The van der Waals surface area contributed by atoms with E-state index in [9.17, 15) is 4.79 Å². The van der Waals surface area contributed by atoms with Gasteiger partial charge >= 0.3 is 0 Å². The summed E-state index contributed by atoms with van der Waals surface area (Å²) in [6, 6.07) is 17.9. The van der Waals surface area contributed by atoms with Crippen LogP contribution < -0.4 is 0 Å². The molecule has 1 amide bonds. The maximum absolute atomic E-state index is 13.1. The number of carbonyl (C=O) groups excluding carboxylic acids is 1. The number of amides is 1. The van der Waals surface area contributed by atoms with Gasteiger partial charge in [-0.15, -0.1) is 0 Å². The maximum Gasteiger partial charge on any atom is 0.223 e. The van der Waals surface area contributed by atoms with Crippen LogP contribution in [-0.2, 0) is 17.6 Å². The zero-order chi connectivity index (χ0) is 18.1. The fourth-order valence-corrected chi connectivity index (χ4v) is 4.55. The highest BCUT2D eigenvalue weighted by Crippen LogP contribution is 2.37. The standard InChI is InChI=1S/C23H28N2O/c1-24(2)19-13-14-25(16-19)23(26)15-22-20-9-5-3-7-17(20)11-12-18-8-4-6-10-21(18)22/h3-10,19,22H,11-16H2,1-2H3. The third-order valence-corrected chi connectivity index (χ3v) is 6.15. The smallest absolute Gasteiger partial charge is 0.223 e. The van der Waals surface area contributed by atoms with Gasteiger partial charge in [-0.1, -0.05) is 48.5 Å². The number of nitrogens with zero attached hydrogens (tertiary/aromatic N) is 2. The van der Waals surface area contributed by atoms with Gasteiger partial charge in [0.05, 0.1) is 0 Å². The van der Waals surface area contributed by atoms with Gasteiger partial charge in [0.25, 0.3) is 0 Å². The van der Waals surface area contributed by atoms with E-state index < -0.39 is 0 Å². The van der Waals surface area contributed by atoms with Crippen LogP contribution in [0.4, 0.5) is 0 Å². The average molecular weight is 348 g/mol. The summed E-state index contributed by atoms with van der Waals surface area (Å²) in [5.41, 5.74) is 5.48. The predicted octanol–water partition coefficient (Wildman–Crippen LogP) is 3.47. The molecule has 0 bridgehead atoms. The van der Waals surface area contributed by atoms with Crippen LogP contribution in [0.25, 0.3) is 0 Å². The van der Waals surface area contributed by atoms with Gasteiger partial charge in [0.1, 0.15) is 0 Å². The Bertz CT molecular complexity index is 751. The Morgan fingerprint density at radius 3 is 2.12 bits per heavy atom. The Morgan fingerprint density at radius 1 is 1.00 bits per heavy atom. The van der Waals surface area contributed by atoms with Crippen molar-refractivity contribution in [1.82, 2.24) is 9.80 Å². The molecule has 1 fully saturated rings. The molecule has 0 aromatic heterocycles. The van der Waals surface area contributed by atoms with Crippen LogP contribution >= 0.6 is 0 Å². The summed E-state index contributed by atoms with van der Waals surface area (Å²) in [6.07, 6.45) is 3.78. The molecule has 26 heavy (non-hydrogen) atoms. The molecule has 3 heteroatoms. The number of likely N-dealkylation sites (tertiary alicyclic amines) is 1. The van der Waals surface area contributed by atoms with Crippen LogP contribution in [-0.4, -0.2) is 48.9 Å². The molecule has 1 atom stereocenters. The summed E-state index contributed by atoms with van der Waals surface area (Å²) >= 11 is 0. The summed E-state index contributed by atoms with van der Waals surface area (Å²) in [7, 11) is 4.22. The Hall–Kier alpha value is -2.13. The summed E-state index contributed by atoms with van der Waals surface area (Å²) < 4.78 is 0. The molecular weight excluding hydrogens is 320 g/mol. The molecule has 0 spiro atoms. The fourth-order valence-electron chi connectivity index (χ4n) is 4.55. The lowest BCUT2D eigenvalue weighted by Gasteiger charge is -2.24. The molecule has 2 aromatic carbocycles. The monoisotopic (exact) mass is 348 g/mol. The van der Waals surface area contributed by atoms with E-state index in [0.717, 1.165) is 32.4 Å². The van der Waals surface area contributed by atoms with E-state index in [1.807, 2.05) is 0 Å². The van der Waals surface area contributed by atoms with E-state index in [1.54, 1.807) is 0 Å². The lowest BCUT2D eigenvalue weighted by Crippen LogP contribution is -2.35. The van der Waals surface area contributed by atoms with E-state index in [-0.39, 0.29) is 5.92 Å². The summed E-state index contributed by atoms with van der Waals surface area (Å²) in [5.74, 6) is 0.474. The topological polar surface area (TPSA) is 23.6 Å². The molecule has 1 saturated heterocycles. The average Bonchev–Trinajstić information content (AvgIpc) is 3.10. The van der Waals surface area contributed by atoms with Crippen molar-refractivity contribution in [2.24, 2.45) is 0 Å². The predicted molar refractivity (Wildman–Crippen MR) is 105 cm³/mol. The highest BCUT2D eigenvalue weighted by molar-refractivity contribution is 5.78. The first-order valence-corrected chi connectivity index (χ1v) is 9.73. The Labute approximate surface area is 156 Å². The molecule has 2 aromatic rings. The van der Waals surface area contributed by atoms with Gasteiger partial charge in [0, 0.05) is 31.5 Å². The van der Waals surface area contributed by atoms with E-state index in [2.05, 4.69) is 72.4 Å². The fraction of sp³-hybridized carbons (Fsp3) is 0.435. The van der Waals surface area contributed by atoms with Gasteiger partial charge < -0.3 is 9.80 Å². The number of rotatable bonds is 3. The molecule has 1 heterocycles. The van der Waals surface area contributed by atoms with Crippen molar-refractivity contribution >= 4 is 5.91 Å². The van der Waals surface area contributed by atoms with Crippen molar-refractivity contribution in [2.75, 3.05) is 27.2 Å². The zero-order valence-corrected chi connectivity index (χ0v) is 15.8. The Morgan fingerprint density at radius 2 is 1.58 bits per heavy atom. The SMILES string of the molecule is CN(C)C1CCN(C(=O)CC2c3ccccc3CCc3ccccc32)C1. The van der Waals surface area contributed by atoms with Crippen LogP contribution in [0, 0.1) is 0 Å². The highest BCUT2D eigenvalue weighted by atomic mass is 16.2. The third kappa shape index (κ3) is 3.28. The van der Waals surface area contributed by atoms with Crippen molar-refractivity contribution in [3.05, 3.63) is 70.8 Å². The van der Waals surface area contributed by atoms with Crippen molar-refractivity contribution in [3.63, 3.8) is 0 Å². The largest absolute Gasteiger partial charge is 0.341 e. The molecule has 4 rings (SSSR count). The van der Waals surface area contributed by atoms with Crippen molar-refractivity contribution in [1.29, 1.82) is 0 Å². The number of hydrogen-bond acceptors (Lipinski definition) is 2. The molecule has 0 N–H and O–H groups in total. The zero-order valence-electron chi connectivity index (χ0n) is 15.8. The van der Waals surface area contributed by atoms with Gasteiger partial charge in [-0.25, -0.2) is 0 Å². The van der Waals surface area contributed by atoms with Crippen molar-refractivity contribution in [3.8, 4) is 0 Å². The third-order valence-electron chi connectivity index (χ3n) is 6.15. The number of benzene rings is 2. The maximum atomic E-state index is 13.1. The van der Waals surface area contributed by atoms with E-state index in [1.165, 1.54) is 22.3 Å². The summed E-state index contributed by atoms with van der Waals surface area (Å²) in [4.78, 5) is 17.4. The summed E-state index contributed by atoms with van der Waals surface area (Å²) in [6.45, 7) is 1.75. The van der Waals surface area contributed by atoms with Crippen molar-refractivity contribution < 1.29 is 4.79 Å². The van der Waals surface area contributed by atoms with Crippen LogP contribution in [0.2, 0.25) is 0 Å². The number of aryl methyl sites for hydroxylation is 2. The minimum Gasteiger partial charge on any atom is -0.341 e. The lowest BCUT2D eigenvalue weighted by molar-refractivity contribution is -0.130. The molecule has 0 radical (unpaired) electrons. The molecule has 1 aliphatic heterocycles. The first-order chi connectivity index (χ1) is 12.6. The van der Waals surface area contributed by atoms with E-state index >= 15 is 0 Å². The van der Waals surface area contributed by atoms with E-state index in [0.29, 0.717) is 18.4 Å². The van der Waals surface area contributed by atoms with Gasteiger partial charge in [-0.3, -0.25) is 4.79 Å². The van der Waals surface area contributed by atoms with Gasteiger partial charge in [-0.05, 0) is 55.6 Å². The second-order valence-electron chi connectivity index (χ2n) is 7.90. The van der Waals surface area contributed by atoms with Gasteiger partial charge in [-0.2, -0.15) is 0 Å². The number of likely N-dealkylation sites (N-methyl/N-ethyl adjacent to an activating group) is 1. The minimum absolute atomic E-state index is 0.177. The first kappa shape index (κ1) is 17.3. The Kier molecular flexibility index (Phi) is 4.82. The normalized spacial score (nSPS) is 20.0. The van der Waals surface area contributed by atoms with Crippen LogP contribution in [0.15, 0.2) is 48.5 Å². The lowest BCUT2D eigenvalue weighted by atomic mass is 9.85. The van der Waals surface area contributed by atoms with Crippen molar-refractivity contribution in [2.45, 2.75) is 37.6 Å². The molecule has 3 nitrogen and oxygen atoms in total.